The average Bonchev–Trinajstić information content (AvgIpc) is 3.35. The van der Waals surface area contributed by atoms with Crippen LogP contribution in [-0.2, 0) is 0 Å². The van der Waals surface area contributed by atoms with Crippen LogP contribution in [0.15, 0.2) is 225 Å². The standard InChI is InChI=1S/C55H37N5/c1-3-7-38(8-4-1)39-11-13-40(14-12-39)41-23-25-49(26-24-41)54-58-53(48-9-5-2-6-10-48)59-55(60-54)52-36-50(44-19-15-42(16-20-44)46-27-31-56-32-28-46)35-51(37-52)45-21-17-43(18-22-45)47-29-33-57-34-30-47/h1-37H. The van der Waals surface area contributed by atoms with Gasteiger partial charge >= 0.3 is 0 Å². The highest BCUT2D eigenvalue weighted by atomic mass is 15.0. The van der Waals surface area contributed by atoms with Gasteiger partial charge in [-0.15, -0.1) is 0 Å². The van der Waals surface area contributed by atoms with Crippen molar-refractivity contribution in [1.82, 2.24) is 24.9 Å². The summed E-state index contributed by atoms with van der Waals surface area (Å²) in [5.41, 5.74) is 16.2. The third-order valence-corrected chi connectivity index (χ3v) is 10.8. The molecule has 5 nitrogen and oxygen atoms in total. The molecule has 0 fully saturated rings. The minimum absolute atomic E-state index is 0.601. The summed E-state index contributed by atoms with van der Waals surface area (Å²) >= 11 is 0. The van der Waals surface area contributed by atoms with E-state index < -0.39 is 0 Å². The third kappa shape index (κ3) is 7.76. The van der Waals surface area contributed by atoms with Crippen molar-refractivity contribution in [2.75, 3.05) is 0 Å². The van der Waals surface area contributed by atoms with E-state index in [1.54, 1.807) is 0 Å². The van der Waals surface area contributed by atoms with E-state index in [0.29, 0.717) is 17.5 Å². The van der Waals surface area contributed by atoms with Crippen molar-refractivity contribution in [2.45, 2.75) is 0 Å². The van der Waals surface area contributed by atoms with Gasteiger partial charge in [0, 0.05) is 41.5 Å². The van der Waals surface area contributed by atoms with Crippen molar-refractivity contribution in [3.8, 4) is 101 Å². The Morgan fingerprint density at radius 2 is 0.417 bits per heavy atom. The van der Waals surface area contributed by atoms with Gasteiger partial charge in [0.2, 0.25) is 0 Å². The molecule has 3 heterocycles. The van der Waals surface area contributed by atoms with Gasteiger partial charge in [-0.05, 0) is 109 Å². The molecule has 0 bridgehead atoms. The van der Waals surface area contributed by atoms with Crippen LogP contribution in [0.1, 0.15) is 0 Å². The lowest BCUT2D eigenvalue weighted by Crippen LogP contribution is -2.00. The molecule has 0 atom stereocenters. The molecule has 3 aromatic heterocycles. The van der Waals surface area contributed by atoms with Crippen molar-refractivity contribution < 1.29 is 0 Å². The van der Waals surface area contributed by atoms with Crippen LogP contribution in [0, 0.1) is 0 Å². The van der Waals surface area contributed by atoms with Crippen LogP contribution in [0.25, 0.3) is 101 Å². The lowest BCUT2D eigenvalue weighted by Gasteiger charge is -2.13. The van der Waals surface area contributed by atoms with Gasteiger partial charge in [0.1, 0.15) is 0 Å². The fourth-order valence-corrected chi connectivity index (χ4v) is 7.54. The van der Waals surface area contributed by atoms with Gasteiger partial charge in [-0.3, -0.25) is 9.97 Å². The predicted octanol–water partition coefficient (Wildman–Crippen LogP) is 13.7. The van der Waals surface area contributed by atoms with Crippen LogP contribution in [0.2, 0.25) is 0 Å². The number of benzene rings is 7. The summed E-state index contributed by atoms with van der Waals surface area (Å²) in [7, 11) is 0. The maximum absolute atomic E-state index is 5.19. The van der Waals surface area contributed by atoms with E-state index in [-0.39, 0.29) is 0 Å². The first kappa shape index (κ1) is 36.2. The first-order chi connectivity index (χ1) is 29.7. The Labute approximate surface area is 349 Å². The summed E-state index contributed by atoms with van der Waals surface area (Å²) in [4.78, 5) is 23.8. The summed E-state index contributed by atoms with van der Waals surface area (Å²) in [6.07, 6.45) is 7.30. The van der Waals surface area contributed by atoms with E-state index >= 15 is 0 Å². The largest absolute Gasteiger partial charge is 0.265 e. The fraction of sp³-hybridized carbons (Fsp3) is 0. The quantitative estimate of drug-likeness (QED) is 0.146. The Hall–Kier alpha value is -8.15. The predicted molar refractivity (Wildman–Crippen MR) is 244 cm³/mol. The van der Waals surface area contributed by atoms with Gasteiger partial charge in [0.05, 0.1) is 0 Å². The van der Waals surface area contributed by atoms with Crippen LogP contribution < -0.4 is 0 Å². The summed E-state index contributed by atoms with van der Waals surface area (Å²) < 4.78 is 0. The van der Waals surface area contributed by atoms with E-state index in [1.165, 1.54) is 11.1 Å². The first-order valence-electron chi connectivity index (χ1n) is 20.0. The van der Waals surface area contributed by atoms with E-state index in [0.717, 1.165) is 72.3 Å². The van der Waals surface area contributed by atoms with E-state index in [1.807, 2.05) is 85.5 Å². The molecular weight excluding hydrogens is 731 g/mol. The van der Waals surface area contributed by atoms with Gasteiger partial charge in [0.15, 0.2) is 17.5 Å². The third-order valence-electron chi connectivity index (χ3n) is 10.8. The van der Waals surface area contributed by atoms with Gasteiger partial charge < -0.3 is 0 Å². The van der Waals surface area contributed by atoms with Gasteiger partial charge in [0.25, 0.3) is 0 Å². The SMILES string of the molecule is c1ccc(-c2ccc(-c3ccc(-c4nc(-c5ccccc5)nc(-c5cc(-c6ccc(-c7ccncc7)cc6)cc(-c6ccc(-c7ccncc7)cc6)c5)n4)cc3)cc2)cc1. The van der Waals surface area contributed by atoms with Crippen molar-refractivity contribution >= 4 is 0 Å². The second-order valence-corrected chi connectivity index (χ2v) is 14.6. The summed E-state index contributed by atoms with van der Waals surface area (Å²) in [6.45, 7) is 0. The zero-order chi connectivity index (χ0) is 40.1. The molecule has 60 heavy (non-hydrogen) atoms. The number of hydrogen-bond acceptors (Lipinski definition) is 5. The molecule has 0 aliphatic carbocycles. The Bertz CT molecular complexity index is 2910. The van der Waals surface area contributed by atoms with Gasteiger partial charge in [-0.2, -0.15) is 0 Å². The number of nitrogens with zero attached hydrogens (tertiary/aromatic N) is 5. The number of aromatic nitrogens is 5. The fourth-order valence-electron chi connectivity index (χ4n) is 7.54. The Morgan fingerprint density at radius 1 is 0.183 bits per heavy atom. The number of rotatable bonds is 9. The molecular formula is C55H37N5. The van der Waals surface area contributed by atoms with Crippen LogP contribution >= 0.6 is 0 Å². The number of pyridine rings is 2. The molecule has 10 aromatic rings. The highest BCUT2D eigenvalue weighted by molar-refractivity contribution is 5.82. The molecule has 0 aliphatic rings. The highest BCUT2D eigenvalue weighted by Gasteiger charge is 2.16. The number of hydrogen-bond donors (Lipinski definition) is 0. The van der Waals surface area contributed by atoms with Gasteiger partial charge in [-0.25, -0.2) is 15.0 Å². The summed E-state index contributed by atoms with van der Waals surface area (Å²) in [6, 6.07) is 69.9. The first-order valence-corrected chi connectivity index (χ1v) is 20.0. The molecule has 7 aromatic carbocycles. The van der Waals surface area contributed by atoms with E-state index in [2.05, 4.69) is 149 Å². The van der Waals surface area contributed by atoms with E-state index in [9.17, 15) is 0 Å². The Balaban J connectivity index is 1.06. The summed E-state index contributed by atoms with van der Waals surface area (Å²) in [5, 5.41) is 0. The average molecular weight is 768 g/mol. The maximum Gasteiger partial charge on any atom is 0.164 e. The van der Waals surface area contributed by atoms with E-state index in [4.69, 9.17) is 15.0 Å². The van der Waals surface area contributed by atoms with Crippen molar-refractivity contribution in [3.05, 3.63) is 225 Å². The molecule has 0 radical (unpaired) electrons. The smallest absolute Gasteiger partial charge is 0.164 e. The topological polar surface area (TPSA) is 64.5 Å². The van der Waals surface area contributed by atoms with Crippen molar-refractivity contribution in [1.29, 1.82) is 0 Å². The van der Waals surface area contributed by atoms with Crippen molar-refractivity contribution in [3.63, 3.8) is 0 Å². The molecule has 282 valence electrons. The molecule has 0 spiro atoms. The van der Waals surface area contributed by atoms with Crippen molar-refractivity contribution in [2.24, 2.45) is 0 Å². The normalized spacial score (nSPS) is 11.0. The lowest BCUT2D eigenvalue weighted by atomic mass is 9.94. The molecule has 10 rings (SSSR count). The lowest BCUT2D eigenvalue weighted by molar-refractivity contribution is 1.07. The molecule has 0 N–H and O–H groups in total. The molecule has 5 heteroatoms. The maximum atomic E-state index is 5.19. The zero-order valence-electron chi connectivity index (χ0n) is 32.6. The monoisotopic (exact) mass is 767 g/mol. The second-order valence-electron chi connectivity index (χ2n) is 14.6. The van der Waals surface area contributed by atoms with Crippen LogP contribution in [-0.4, -0.2) is 24.9 Å². The minimum atomic E-state index is 0.601. The van der Waals surface area contributed by atoms with Crippen LogP contribution in [0.5, 0.6) is 0 Å². The Kier molecular flexibility index (Phi) is 9.88. The molecule has 0 saturated heterocycles. The zero-order valence-corrected chi connectivity index (χ0v) is 32.6. The Morgan fingerprint density at radius 3 is 0.783 bits per heavy atom. The van der Waals surface area contributed by atoms with Gasteiger partial charge in [-0.1, -0.05) is 158 Å². The molecule has 0 amide bonds. The molecule has 0 saturated carbocycles. The second kappa shape index (κ2) is 16.4. The minimum Gasteiger partial charge on any atom is -0.265 e. The summed E-state index contributed by atoms with van der Waals surface area (Å²) in [5.74, 6) is 1.83. The van der Waals surface area contributed by atoms with Crippen LogP contribution in [0.3, 0.4) is 0 Å². The molecule has 0 unspecified atom stereocenters. The highest BCUT2D eigenvalue weighted by Crippen LogP contribution is 2.35. The van der Waals surface area contributed by atoms with Crippen LogP contribution in [0.4, 0.5) is 0 Å². The molecule has 0 aliphatic heterocycles.